The van der Waals surface area contributed by atoms with E-state index in [0.717, 1.165) is 29.2 Å². The Morgan fingerprint density at radius 1 is 1.03 bits per heavy atom. The maximum Gasteiger partial charge on any atom is 0.262 e. The molecular formula is C28H28F2N4O3S. The van der Waals surface area contributed by atoms with E-state index >= 15 is 0 Å². The van der Waals surface area contributed by atoms with Crippen molar-refractivity contribution in [3.8, 4) is 0 Å². The summed E-state index contributed by atoms with van der Waals surface area (Å²) in [6.07, 6.45) is 0.465. The van der Waals surface area contributed by atoms with Crippen LogP contribution in [0.15, 0.2) is 71.1 Å². The van der Waals surface area contributed by atoms with Crippen molar-refractivity contribution >= 4 is 28.9 Å². The first-order valence-electron chi connectivity index (χ1n) is 12.5. The molecule has 1 fully saturated rings. The monoisotopic (exact) mass is 538 g/mol. The molecule has 0 radical (unpaired) electrons. The number of benzene rings is 2. The van der Waals surface area contributed by atoms with Gasteiger partial charge in [0.05, 0.1) is 35.4 Å². The largest absolute Gasteiger partial charge is 0.379 e. The van der Waals surface area contributed by atoms with Crippen LogP contribution in [0.2, 0.25) is 0 Å². The van der Waals surface area contributed by atoms with Gasteiger partial charge < -0.3 is 9.64 Å². The van der Waals surface area contributed by atoms with E-state index < -0.39 is 23.7 Å². The Morgan fingerprint density at radius 3 is 2.50 bits per heavy atom. The van der Waals surface area contributed by atoms with Crippen LogP contribution in [0.1, 0.15) is 33.3 Å². The van der Waals surface area contributed by atoms with Gasteiger partial charge in [0.2, 0.25) is 0 Å². The third kappa shape index (κ3) is 5.98. The molecule has 5 rings (SSSR count). The van der Waals surface area contributed by atoms with E-state index in [1.54, 1.807) is 18.2 Å². The summed E-state index contributed by atoms with van der Waals surface area (Å²) in [6.45, 7) is 3.17. The zero-order valence-corrected chi connectivity index (χ0v) is 21.6. The van der Waals surface area contributed by atoms with Crippen LogP contribution in [0, 0.1) is 11.6 Å². The van der Waals surface area contributed by atoms with E-state index in [0.29, 0.717) is 26.2 Å². The van der Waals surface area contributed by atoms with Crippen LogP contribution in [0.5, 0.6) is 0 Å². The molecule has 1 aromatic heterocycles. The van der Waals surface area contributed by atoms with Crippen LogP contribution >= 0.6 is 11.3 Å². The second kappa shape index (κ2) is 11.9. The van der Waals surface area contributed by atoms with Gasteiger partial charge in [-0.25, -0.2) is 13.8 Å². The molecule has 38 heavy (non-hydrogen) atoms. The van der Waals surface area contributed by atoms with Crippen molar-refractivity contribution in [3.63, 3.8) is 0 Å². The minimum Gasteiger partial charge on any atom is -0.379 e. The van der Waals surface area contributed by atoms with Crippen LogP contribution in [-0.4, -0.2) is 78.3 Å². The molecule has 3 aromatic rings. The van der Waals surface area contributed by atoms with Crippen LogP contribution in [0.4, 0.5) is 8.78 Å². The number of morpholine rings is 1. The summed E-state index contributed by atoms with van der Waals surface area (Å²) in [4.78, 5) is 31.6. The lowest BCUT2D eigenvalue weighted by Crippen LogP contribution is -2.46. The first kappa shape index (κ1) is 26.1. The van der Waals surface area contributed by atoms with E-state index in [-0.39, 0.29) is 24.5 Å². The highest BCUT2D eigenvalue weighted by Gasteiger charge is 2.35. The molecule has 10 heteroatoms. The molecule has 1 saturated heterocycles. The summed E-state index contributed by atoms with van der Waals surface area (Å²) in [5.74, 6) is -1.94. The number of hydrogen-bond acceptors (Lipinski definition) is 6. The van der Waals surface area contributed by atoms with Crippen molar-refractivity contribution in [1.82, 2.24) is 14.8 Å². The molecule has 0 spiro atoms. The van der Waals surface area contributed by atoms with Gasteiger partial charge in [0.15, 0.2) is 0 Å². The summed E-state index contributed by atoms with van der Waals surface area (Å²) in [6, 6.07) is 15.2. The lowest BCUT2D eigenvalue weighted by molar-refractivity contribution is -0.133. The van der Waals surface area contributed by atoms with Gasteiger partial charge in [0.25, 0.3) is 11.8 Å². The van der Waals surface area contributed by atoms with Crippen molar-refractivity contribution in [1.29, 1.82) is 0 Å². The Morgan fingerprint density at radius 2 is 1.79 bits per heavy atom. The maximum absolute atomic E-state index is 14.5. The highest BCUT2D eigenvalue weighted by molar-refractivity contribution is 7.12. The van der Waals surface area contributed by atoms with Gasteiger partial charge in [-0.1, -0.05) is 30.3 Å². The Labute approximate surface area is 223 Å². The van der Waals surface area contributed by atoms with E-state index in [1.807, 2.05) is 17.5 Å². The zero-order chi connectivity index (χ0) is 26.5. The van der Waals surface area contributed by atoms with E-state index in [4.69, 9.17) is 4.74 Å². The molecule has 2 aromatic carbocycles. The lowest BCUT2D eigenvalue weighted by Gasteiger charge is -2.31. The minimum absolute atomic E-state index is 0.0819. The smallest absolute Gasteiger partial charge is 0.262 e. The topological polar surface area (TPSA) is 65.5 Å². The molecule has 0 aliphatic carbocycles. The second-order valence-corrected chi connectivity index (χ2v) is 10.1. The summed E-state index contributed by atoms with van der Waals surface area (Å²) < 4.78 is 33.6. The number of rotatable bonds is 8. The zero-order valence-electron chi connectivity index (χ0n) is 20.8. The summed E-state index contributed by atoms with van der Waals surface area (Å²) in [5, 5.41) is 7.97. The number of nitrogens with zero attached hydrogens (tertiary/aromatic N) is 4. The molecule has 7 nitrogen and oxygen atoms in total. The standard InChI is InChI=1S/C28H28F2N4O3S/c29-21-9-7-20(8-10-21)25-18-24(26-6-3-17-38-26)31-34(25)27(35)19-33(12-11-32-13-15-37-16-14-32)28(36)22-4-1-2-5-23(22)30/h1-10,17,25H,11-16,18-19H2. The van der Waals surface area contributed by atoms with Crippen LogP contribution in [0.25, 0.3) is 0 Å². The Bertz CT molecular complexity index is 1290. The number of amides is 2. The number of carbonyl (C=O) groups excluding carboxylic acids is 2. The highest BCUT2D eigenvalue weighted by Crippen LogP contribution is 2.34. The van der Waals surface area contributed by atoms with Crippen LogP contribution in [0.3, 0.4) is 0 Å². The lowest BCUT2D eigenvalue weighted by atomic mass is 10.0. The molecule has 2 aliphatic heterocycles. The molecule has 0 bridgehead atoms. The van der Waals surface area contributed by atoms with E-state index in [2.05, 4.69) is 10.0 Å². The molecule has 1 atom stereocenters. The predicted molar refractivity (Wildman–Crippen MR) is 141 cm³/mol. The predicted octanol–water partition coefficient (Wildman–Crippen LogP) is 4.18. The molecule has 0 N–H and O–H groups in total. The maximum atomic E-state index is 14.5. The van der Waals surface area contributed by atoms with Crippen LogP contribution in [-0.2, 0) is 9.53 Å². The van der Waals surface area contributed by atoms with Crippen LogP contribution < -0.4 is 0 Å². The van der Waals surface area contributed by atoms with Gasteiger partial charge in [0, 0.05) is 32.6 Å². The quantitative estimate of drug-likeness (QED) is 0.432. The molecular weight excluding hydrogens is 510 g/mol. The number of hydrogen-bond donors (Lipinski definition) is 0. The van der Waals surface area contributed by atoms with Gasteiger partial charge in [-0.05, 0) is 41.3 Å². The fourth-order valence-corrected chi connectivity index (χ4v) is 5.38. The number of halogens is 2. The van der Waals surface area contributed by atoms with E-state index in [9.17, 15) is 18.4 Å². The number of carbonyl (C=O) groups is 2. The normalized spacial score (nSPS) is 17.9. The molecule has 1 unspecified atom stereocenters. The van der Waals surface area contributed by atoms with Crippen molar-refractivity contribution in [2.75, 3.05) is 45.9 Å². The van der Waals surface area contributed by atoms with Gasteiger partial charge in [-0.15, -0.1) is 11.3 Å². The molecule has 2 amide bonds. The van der Waals surface area contributed by atoms with E-state index in [1.165, 1.54) is 51.6 Å². The number of thiophene rings is 1. The molecule has 3 heterocycles. The molecule has 2 aliphatic rings. The molecule has 0 saturated carbocycles. The average Bonchev–Trinajstić information content (AvgIpc) is 3.63. The van der Waals surface area contributed by atoms with Gasteiger partial charge in [0.1, 0.15) is 18.2 Å². The summed E-state index contributed by atoms with van der Waals surface area (Å²) >= 11 is 1.52. The fraction of sp³-hybridized carbons (Fsp3) is 0.321. The first-order valence-corrected chi connectivity index (χ1v) is 13.4. The van der Waals surface area contributed by atoms with Crippen molar-refractivity contribution in [2.45, 2.75) is 12.5 Å². The third-order valence-corrected chi connectivity index (χ3v) is 7.65. The number of hydrazone groups is 1. The SMILES string of the molecule is O=C(c1ccccc1F)N(CCN1CCOCC1)CC(=O)N1N=C(c2cccs2)CC1c1ccc(F)cc1. The first-order chi connectivity index (χ1) is 18.5. The van der Waals surface area contributed by atoms with Gasteiger partial charge in [-0.3, -0.25) is 14.5 Å². The Balaban J connectivity index is 1.40. The Kier molecular flexibility index (Phi) is 8.21. The highest BCUT2D eigenvalue weighted by atomic mass is 32.1. The second-order valence-electron chi connectivity index (χ2n) is 9.19. The Hall–Kier alpha value is -3.47. The fourth-order valence-electron chi connectivity index (χ4n) is 4.66. The summed E-state index contributed by atoms with van der Waals surface area (Å²) in [7, 11) is 0. The van der Waals surface area contributed by atoms with Gasteiger partial charge >= 0.3 is 0 Å². The summed E-state index contributed by atoms with van der Waals surface area (Å²) in [5.41, 5.74) is 1.42. The number of ether oxygens (including phenoxy) is 1. The van der Waals surface area contributed by atoms with Crippen molar-refractivity contribution in [3.05, 3.63) is 93.7 Å². The van der Waals surface area contributed by atoms with Crippen molar-refractivity contribution in [2.24, 2.45) is 5.10 Å². The van der Waals surface area contributed by atoms with Gasteiger partial charge in [-0.2, -0.15) is 5.10 Å². The third-order valence-electron chi connectivity index (χ3n) is 6.73. The van der Waals surface area contributed by atoms with Crippen molar-refractivity contribution < 1.29 is 23.1 Å². The minimum atomic E-state index is -0.635. The average molecular weight is 539 g/mol. The molecule has 198 valence electrons.